The Labute approximate surface area is 150 Å². The third kappa shape index (κ3) is 4.29. The summed E-state index contributed by atoms with van der Waals surface area (Å²) in [6.07, 6.45) is 3.04. The minimum atomic E-state index is -1.41. The van der Waals surface area contributed by atoms with Gasteiger partial charge in [-0.1, -0.05) is 0 Å². The van der Waals surface area contributed by atoms with E-state index in [-0.39, 0.29) is 11.8 Å². The predicted molar refractivity (Wildman–Crippen MR) is 91.0 cm³/mol. The highest BCUT2D eigenvalue weighted by atomic mass is 19.2. The molecular formula is C17H12F3N5O2. The van der Waals surface area contributed by atoms with Gasteiger partial charge in [0.15, 0.2) is 11.6 Å². The molecule has 2 heterocycles. The number of nitrogens with zero attached hydrogens (tertiary/aromatic N) is 3. The maximum atomic E-state index is 13.9. The Kier molecular flexibility index (Phi) is 5.15. The van der Waals surface area contributed by atoms with Gasteiger partial charge in [-0.2, -0.15) is 4.98 Å². The lowest BCUT2D eigenvalue weighted by Gasteiger charge is -2.12. The van der Waals surface area contributed by atoms with Crippen LogP contribution in [0.25, 0.3) is 11.3 Å². The molecule has 3 N–H and O–H groups in total. The van der Waals surface area contributed by atoms with E-state index in [0.717, 1.165) is 6.07 Å². The maximum absolute atomic E-state index is 13.9. The molecule has 0 atom stereocenters. The van der Waals surface area contributed by atoms with Gasteiger partial charge in [0.25, 0.3) is 0 Å². The lowest BCUT2D eigenvalue weighted by molar-refractivity contribution is -0.134. The SMILES string of the molecule is O=C(O)CNc1nc(Nc2c(F)ccc(F)c2F)cc(-c2cccnc2)n1. The van der Waals surface area contributed by atoms with Gasteiger partial charge >= 0.3 is 5.97 Å². The van der Waals surface area contributed by atoms with Gasteiger partial charge < -0.3 is 15.7 Å². The molecule has 0 amide bonds. The largest absolute Gasteiger partial charge is 0.480 e. The van der Waals surface area contributed by atoms with Crippen LogP contribution >= 0.6 is 0 Å². The summed E-state index contributed by atoms with van der Waals surface area (Å²) in [5, 5.41) is 13.6. The molecule has 27 heavy (non-hydrogen) atoms. The maximum Gasteiger partial charge on any atom is 0.322 e. The van der Waals surface area contributed by atoms with Crippen molar-refractivity contribution in [3.8, 4) is 11.3 Å². The highest BCUT2D eigenvalue weighted by molar-refractivity contribution is 5.73. The average molecular weight is 375 g/mol. The van der Waals surface area contributed by atoms with E-state index < -0.39 is 35.7 Å². The topological polar surface area (TPSA) is 100 Å². The van der Waals surface area contributed by atoms with Crippen LogP contribution < -0.4 is 10.6 Å². The van der Waals surface area contributed by atoms with Crippen molar-refractivity contribution in [1.29, 1.82) is 0 Å². The fraction of sp³-hybridized carbons (Fsp3) is 0.0588. The summed E-state index contributed by atoms with van der Waals surface area (Å²) < 4.78 is 41.2. The van der Waals surface area contributed by atoms with Crippen molar-refractivity contribution < 1.29 is 23.1 Å². The third-order valence-electron chi connectivity index (χ3n) is 3.38. The molecule has 0 unspecified atom stereocenters. The molecule has 0 saturated carbocycles. The van der Waals surface area contributed by atoms with Gasteiger partial charge in [0.1, 0.15) is 23.9 Å². The van der Waals surface area contributed by atoms with Gasteiger partial charge in [-0.25, -0.2) is 18.2 Å². The summed E-state index contributed by atoms with van der Waals surface area (Å²) in [5.41, 5.74) is 0.141. The average Bonchev–Trinajstić information content (AvgIpc) is 2.67. The van der Waals surface area contributed by atoms with E-state index in [1.165, 1.54) is 12.3 Å². The van der Waals surface area contributed by atoms with Gasteiger partial charge in [0.05, 0.1) is 5.69 Å². The van der Waals surface area contributed by atoms with Crippen LogP contribution in [0.1, 0.15) is 0 Å². The van der Waals surface area contributed by atoms with Crippen molar-refractivity contribution in [3.05, 3.63) is 60.2 Å². The summed E-state index contributed by atoms with van der Waals surface area (Å²) >= 11 is 0. The standard InChI is InChI=1S/C17H12F3N5O2/c18-10-3-4-11(19)16(15(10)20)24-13-6-12(9-2-1-5-21-7-9)23-17(25-13)22-8-14(26)27/h1-7H,8H2,(H,26,27)(H2,22,23,24,25). The van der Waals surface area contributed by atoms with E-state index in [2.05, 4.69) is 25.6 Å². The Balaban J connectivity index is 2.02. The first-order valence-electron chi connectivity index (χ1n) is 7.59. The number of hydrogen-bond acceptors (Lipinski definition) is 6. The number of nitrogens with one attached hydrogen (secondary N) is 2. The van der Waals surface area contributed by atoms with Crippen LogP contribution in [-0.2, 0) is 4.79 Å². The number of aliphatic carboxylic acids is 1. The van der Waals surface area contributed by atoms with Crippen LogP contribution in [0.5, 0.6) is 0 Å². The Morgan fingerprint density at radius 1 is 1.11 bits per heavy atom. The molecule has 0 aliphatic rings. The van der Waals surface area contributed by atoms with Crippen LogP contribution in [0.4, 0.5) is 30.6 Å². The molecule has 3 rings (SSSR count). The van der Waals surface area contributed by atoms with Gasteiger partial charge in [-0.3, -0.25) is 9.78 Å². The van der Waals surface area contributed by atoms with Crippen molar-refractivity contribution in [1.82, 2.24) is 15.0 Å². The second-order valence-electron chi connectivity index (χ2n) is 5.29. The fourth-order valence-electron chi connectivity index (χ4n) is 2.18. The van der Waals surface area contributed by atoms with Gasteiger partial charge in [-0.05, 0) is 24.3 Å². The van der Waals surface area contributed by atoms with Crippen LogP contribution in [-0.4, -0.2) is 32.6 Å². The van der Waals surface area contributed by atoms with Gasteiger partial charge in [-0.15, -0.1) is 0 Å². The van der Waals surface area contributed by atoms with E-state index in [9.17, 15) is 18.0 Å². The second kappa shape index (κ2) is 7.68. The Morgan fingerprint density at radius 3 is 2.59 bits per heavy atom. The normalized spacial score (nSPS) is 10.5. The van der Waals surface area contributed by atoms with Gasteiger partial charge in [0, 0.05) is 24.0 Å². The second-order valence-corrected chi connectivity index (χ2v) is 5.29. The van der Waals surface area contributed by atoms with Crippen molar-refractivity contribution in [2.24, 2.45) is 0 Å². The zero-order chi connectivity index (χ0) is 19.4. The number of anilines is 3. The molecule has 0 radical (unpaired) electrons. The fourth-order valence-corrected chi connectivity index (χ4v) is 2.18. The number of aromatic nitrogens is 3. The number of rotatable bonds is 6. The van der Waals surface area contributed by atoms with E-state index in [0.29, 0.717) is 17.3 Å². The highest BCUT2D eigenvalue weighted by Crippen LogP contribution is 2.27. The Hall–Kier alpha value is -3.69. The first-order chi connectivity index (χ1) is 12.9. The van der Waals surface area contributed by atoms with Crippen molar-refractivity contribution in [3.63, 3.8) is 0 Å². The Morgan fingerprint density at radius 2 is 1.89 bits per heavy atom. The number of halogens is 3. The minimum Gasteiger partial charge on any atom is -0.480 e. The summed E-state index contributed by atoms with van der Waals surface area (Å²) in [7, 11) is 0. The van der Waals surface area contributed by atoms with Crippen molar-refractivity contribution in [2.75, 3.05) is 17.2 Å². The molecule has 7 nitrogen and oxygen atoms in total. The minimum absolute atomic E-state index is 0.0693. The molecule has 0 aliphatic heterocycles. The molecule has 10 heteroatoms. The van der Waals surface area contributed by atoms with E-state index in [1.807, 2.05) is 0 Å². The van der Waals surface area contributed by atoms with Crippen LogP contribution in [0.15, 0.2) is 42.7 Å². The van der Waals surface area contributed by atoms with E-state index in [4.69, 9.17) is 5.11 Å². The number of hydrogen-bond donors (Lipinski definition) is 3. The molecule has 0 spiro atoms. The summed E-state index contributed by atoms with van der Waals surface area (Å²) in [6, 6.07) is 6.14. The van der Waals surface area contributed by atoms with Gasteiger partial charge in [0.2, 0.25) is 5.95 Å². The van der Waals surface area contributed by atoms with Crippen LogP contribution in [0.2, 0.25) is 0 Å². The van der Waals surface area contributed by atoms with Crippen LogP contribution in [0.3, 0.4) is 0 Å². The first-order valence-corrected chi connectivity index (χ1v) is 7.59. The first kappa shape index (κ1) is 18.1. The predicted octanol–water partition coefficient (Wildman–Crippen LogP) is 3.20. The molecule has 0 saturated heterocycles. The number of carboxylic acids is 1. The van der Waals surface area contributed by atoms with E-state index >= 15 is 0 Å². The number of carbonyl (C=O) groups is 1. The molecular weight excluding hydrogens is 363 g/mol. The Bertz CT molecular complexity index is 986. The lowest BCUT2D eigenvalue weighted by Crippen LogP contribution is -2.15. The van der Waals surface area contributed by atoms with E-state index in [1.54, 1.807) is 18.3 Å². The molecule has 0 aliphatic carbocycles. The molecule has 0 fully saturated rings. The third-order valence-corrected chi connectivity index (χ3v) is 3.38. The molecule has 3 aromatic rings. The quantitative estimate of drug-likeness (QED) is 0.569. The lowest BCUT2D eigenvalue weighted by atomic mass is 10.2. The number of carboxylic acid groups (broad SMARTS) is 1. The number of pyridine rings is 1. The molecule has 1 aromatic carbocycles. The number of benzene rings is 1. The summed E-state index contributed by atoms with van der Waals surface area (Å²) in [6.45, 7) is -0.474. The van der Waals surface area contributed by atoms with Crippen LogP contribution in [0, 0.1) is 17.5 Å². The van der Waals surface area contributed by atoms with Crippen molar-refractivity contribution in [2.45, 2.75) is 0 Å². The summed E-state index contributed by atoms with van der Waals surface area (Å²) in [4.78, 5) is 22.8. The molecule has 0 bridgehead atoms. The summed E-state index contributed by atoms with van der Waals surface area (Å²) in [5.74, 6) is -4.97. The zero-order valence-corrected chi connectivity index (χ0v) is 13.6. The monoisotopic (exact) mass is 375 g/mol. The molecule has 138 valence electrons. The molecule has 2 aromatic heterocycles. The highest BCUT2D eigenvalue weighted by Gasteiger charge is 2.16. The smallest absolute Gasteiger partial charge is 0.322 e. The zero-order valence-electron chi connectivity index (χ0n) is 13.6. The van der Waals surface area contributed by atoms with Crippen molar-refractivity contribution >= 4 is 23.4 Å².